The van der Waals surface area contributed by atoms with Crippen LogP contribution >= 0.6 is 15.9 Å². The lowest BCUT2D eigenvalue weighted by Gasteiger charge is -2.09. The second kappa shape index (κ2) is 5.14. The molecule has 1 aromatic heterocycles. The molecule has 18 heavy (non-hydrogen) atoms. The van der Waals surface area contributed by atoms with Gasteiger partial charge in [0.1, 0.15) is 0 Å². The van der Waals surface area contributed by atoms with Crippen LogP contribution in [0.15, 0.2) is 34.8 Å². The van der Waals surface area contributed by atoms with Gasteiger partial charge in [-0.3, -0.25) is 0 Å². The van der Waals surface area contributed by atoms with Crippen molar-refractivity contribution in [3.63, 3.8) is 0 Å². The van der Waals surface area contributed by atoms with Crippen LogP contribution in [0.3, 0.4) is 0 Å². The first-order chi connectivity index (χ1) is 8.58. The minimum Gasteiger partial charge on any atom is -0.476 e. The maximum atomic E-state index is 10.6. The maximum absolute atomic E-state index is 10.6. The van der Waals surface area contributed by atoms with Gasteiger partial charge in [0.05, 0.1) is 0 Å². The van der Waals surface area contributed by atoms with E-state index in [9.17, 15) is 4.79 Å². The molecule has 0 atom stereocenters. The first kappa shape index (κ1) is 12.5. The Kier molecular flexibility index (Phi) is 3.57. The van der Waals surface area contributed by atoms with Crippen LogP contribution in [0.25, 0.3) is 0 Å². The van der Waals surface area contributed by atoms with Crippen LogP contribution in [0.4, 0.5) is 11.5 Å². The zero-order chi connectivity index (χ0) is 13.1. The molecular formula is C12H10BrN3O2. The van der Waals surface area contributed by atoms with Crippen molar-refractivity contribution in [2.45, 2.75) is 6.92 Å². The molecular weight excluding hydrogens is 298 g/mol. The van der Waals surface area contributed by atoms with Gasteiger partial charge in [0.15, 0.2) is 11.5 Å². The lowest BCUT2D eigenvalue weighted by Crippen LogP contribution is -2.04. The molecule has 2 N–H and O–H groups in total. The zero-order valence-corrected chi connectivity index (χ0v) is 11.1. The highest BCUT2D eigenvalue weighted by atomic mass is 79.9. The number of rotatable bonds is 3. The summed E-state index contributed by atoms with van der Waals surface area (Å²) in [5, 5.41) is 19.2. The Labute approximate surface area is 112 Å². The van der Waals surface area contributed by atoms with E-state index in [1.807, 2.05) is 25.1 Å². The monoisotopic (exact) mass is 307 g/mol. The Morgan fingerprint density at radius 1 is 1.28 bits per heavy atom. The molecule has 2 rings (SSSR count). The van der Waals surface area contributed by atoms with E-state index in [4.69, 9.17) is 5.11 Å². The largest absolute Gasteiger partial charge is 0.476 e. The number of hydrogen-bond donors (Lipinski definition) is 2. The summed E-state index contributed by atoms with van der Waals surface area (Å²) in [4.78, 5) is 10.6. The van der Waals surface area contributed by atoms with E-state index in [1.54, 1.807) is 6.07 Å². The molecule has 1 heterocycles. The Bertz CT molecular complexity index is 584. The molecule has 0 aliphatic rings. The third-order valence-corrected chi connectivity index (χ3v) is 3.27. The number of carboxylic acid groups (broad SMARTS) is 1. The summed E-state index contributed by atoms with van der Waals surface area (Å²) in [5.41, 5.74) is 1.86. The molecule has 0 aliphatic carbocycles. The lowest BCUT2D eigenvalue weighted by molar-refractivity contribution is 0.0689. The molecule has 2 aromatic rings. The molecule has 6 heteroatoms. The Morgan fingerprint density at radius 3 is 2.67 bits per heavy atom. The number of benzene rings is 1. The predicted molar refractivity (Wildman–Crippen MR) is 71.2 cm³/mol. The van der Waals surface area contributed by atoms with Gasteiger partial charge in [0.2, 0.25) is 0 Å². The van der Waals surface area contributed by atoms with Crippen LogP contribution in [0.5, 0.6) is 0 Å². The fourth-order valence-corrected chi connectivity index (χ4v) is 1.76. The van der Waals surface area contributed by atoms with Crippen LogP contribution in [0, 0.1) is 6.92 Å². The quantitative estimate of drug-likeness (QED) is 0.911. The predicted octanol–water partition coefficient (Wildman–Crippen LogP) is 2.99. The average molecular weight is 308 g/mol. The minimum absolute atomic E-state index is 0.0773. The number of nitrogens with one attached hydrogen (secondary N) is 1. The van der Waals surface area contributed by atoms with E-state index in [-0.39, 0.29) is 5.69 Å². The standard InChI is InChI=1S/C12H10BrN3O2/c1-7-8(13)3-2-4-9(7)14-11-6-5-10(12(17)18)15-16-11/h2-6H,1H3,(H,14,16)(H,17,18). The lowest BCUT2D eigenvalue weighted by atomic mass is 10.2. The van der Waals surface area contributed by atoms with Crippen molar-refractivity contribution in [1.82, 2.24) is 10.2 Å². The Balaban J connectivity index is 2.24. The molecule has 0 amide bonds. The highest BCUT2D eigenvalue weighted by Crippen LogP contribution is 2.25. The summed E-state index contributed by atoms with van der Waals surface area (Å²) in [6.07, 6.45) is 0. The molecule has 5 nitrogen and oxygen atoms in total. The van der Waals surface area contributed by atoms with Crippen LogP contribution < -0.4 is 5.32 Å². The van der Waals surface area contributed by atoms with Crippen molar-refractivity contribution in [1.29, 1.82) is 0 Å². The van der Waals surface area contributed by atoms with Crippen molar-refractivity contribution in [2.75, 3.05) is 5.32 Å². The van der Waals surface area contributed by atoms with E-state index in [0.29, 0.717) is 5.82 Å². The smallest absolute Gasteiger partial charge is 0.356 e. The fraction of sp³-hybridized carbons (Fsp3) is 0.0833. The molecule has 92 valence electrons. The second-order valence-electron chi connectivity index (χ2n) is 3.65. The van der Waals surface area contributed by atoms with Crippen LogP contribution in [-0.4, -0.2) is 21.3 Å². The summed E-state index contributed by atoms with van der Waals surface area (Å²) >= 11 is 3.44. The summed E-state index contributed by atoms with van der Waals surface area (Å²) in [6, 6.07) is 8.74. The molecule has 0 saturated carbocycles. The number of aromatic carboxylic acids is 1. The Morgan fingerprint density at radius 2 is 2.06 bits per heavy atom. The van der Waals surface area contributed by atoms with Gasteiger partial charge in [-0.2, -0.15) is 0 Å². The first-order valence-corrected chi connectivity index (χ1v) is 5.96. The van der Waals surface area contributed by atoms with E-state index >= 15 is 0 Å². The third kappa shape index (κ3) is 2.65. The van der Waals surface area contributed by atoms with Crippen LogP contribution in [-0.2, 0) is 0 Å². The summed E-state index contributed by atoms with van der Waals surface area (Å²) in [7, 11) is 0. The van der Waals surface area contributed by atoms with Crippen LogP contribution in [0.1, 0.15) is 16.1 Å². The zero-order valence-electron chi connectivity index (χ0n) is 9.51. The minimum atomic E-state index is -1.09. The maximum Gasteiger partial charge on any atom is 0.356 e. The highest BCUT2D eigenvalue weighted by Gasteiger charge is 2.06. The van der Waals surface area contributed by atoms with Crippen molar-refractivity contribution < 1.29 is 9.90 Å². The molecule has 0 saturated heterocycles. The third-order valence-electron chi connectivity index (χ3n) is 2.41. The molecule has 0 radical (unpaired) electrons. The van der Waals surface area contributed by atoms with Crippen molar-refractivity contribution in [3.05, 3.63) is 46.1 Å². The van der Waals surface area contributed by atoms with Gasteiger partial charge in [-0.25, -0.2) is 4.79 Å². The molecule has 0 fully saturated rings. The molecule has 0 bridgehead atoms. The normalized spacial score (nSPS) is 10.1. The number of aromatic nitrogens is 2. The fourth-order valence-electron chi connectivity index (χ4n) is 1.39. The van der Waals surface area contributed by atoms with Gasteiger partial charge in [-0.15, -0.1) is 10.2 Å². The van der Waals surface area contributed by atoms with E-state index in [0.717, 1.165) is 15.7 Å². The van der Waals surface area contributed by atoms with Gasteiger partial charge in [0, 0.05) is 10.2 Å². The SMILES string of the molecule is Cc1c(Br)cccc1Nc1ccc(C(=O)O)nn1. The second-order valence-corrected chi connectivity index (χ2v) is 4.50. The van der Waals surface area contributed by atoms with Crippen LogP contribution in [0.2, 0.25) is 0 Å². The van der Waals surface area contributed by atoms with Crippen molar-refractivity contribution in [2.24, 2.45) is 0 Å². The topological polar surface area (TPSA) is 75.1 Å². The summed E-state index contributed by atoms with van der Waals surface area (Å²) < 4.78 is 0.989. The first-order valence-electron chi connectivity index (χ1n) is 5.17. The summed E-state index contributed by atoms with van der Waals surface area (Å²) in [5.74, 6) is -0.589. The van der Waals surface area contributed by atoms with E-state index in [1.165, 1.54) is 6.07 Å². The molecule has 1 aromatic carbocycles. The van der Waals surface area contributed by atoms with Gasteiger partial charge in [0.25, 0.3) is 0 Å². The molecule has 0 unspecified atom stereocenters. The number of carboxylic acids is 1. The number of hydrogen-bond acceptors (Lipinski definition) is 4. The van der Waals surface area contributed by atoms with E-state index in [2.05, 4.69) is 31.4 Å². The number of nitrogens with zero attached hydrogens (tertiary/aromatic N) is 2. The molecule has 0 spiro atoms. The van der Waals surface area contributed by atoms with Gasteiger partial charge in [-0.05, 0) is 36.8 Å². The number of halogens is 1. The van der Waals surface area contributed by atoms with Gasteiger partial charge < -0.3 is 10.4 Å². The van der Waals surface area contributed by atoms with Crippen molar-refractivity contribution >= 4 is 33.4 Å². The number of carbonyl (C=O) groups is 1. The average Bonchev–Trinajstić information content (AvgIpc) is 2.36. The van der Waals surface area contributed by atoms with E-state index < -0.39 is 5.97 Å². The highest BCUT2D eigenvalue weighted by molar-refractivity contribution is 9.10. The molecule has 0 aliphatic heterocycles. The van der Waals surface area contributed by atoms with Crippen molar-refractivity contribution in [3.8, 4) is 0 Å². The van der Waals surface area contributed by atoms with Gasteiger partial charge >= 0.3 is 5.97 Å². The number of anilines is 2. The van der Waals surface area contributed by atoms with Gasteiger partial charge in [-0.1, -0.05) is 22.0 Å². The Hall–Kier alpha value is -1.95. The summed E-state index contributed by atoms with van der Waals surface area (Å²) in [6.45, 7) is 1.96.